The van der Waals surface area contributed by atoms with E-state index in [4.69, 9.17) is 5.73 Å². The Kier molecular flexibility index (Phi) is 7.98. The third-order valence-electron chi connectivity index (χ3n) is 2.49. The van der Waals surface area contributed by atoms with Gasteiger partial charge in [-0.05, 0) is 40.0 Å². The van der Waals surface area contributed by atoms with E-state index in [2.05, 4.69) is 22.9 Å². The molecule has 92 valence electrons. The fourth-order valence-corrected chi connectivity index (χ4v) is 1.92. The van der Waals surface area contributed by atoms with Crippen LogP contribution < -0.4 is 5.73 Å². The van der Waals surface area contributed by atoms with E-state index >= 15 is 0 Å². The molecular formula is C12H18BrClFN. The summed E-state index contributed by atoms with van der Waals surface area (Å²) in [6.45, 7) is 2.17. The summed E-state index contributed by atoms with van der Waals surface area (Å²) < 4.78 is 13.5. The second-order valence-electron chi connectivity index (χ2n) is 3.78. The first-order valence-electron chi connectivity index (χ1n) is 5.35. The number of unbranched alkanes of at least 4 members (excludes halogenated alkanes) is 2. The average Bonchev–Trinajstić information content (AvgIpc) is 2.22. The zero-order valence-corrected chi connectivity index (χ0v) is 11.8. The van der Waals surface area contributed by atoms with Crippen molar-refractivity contribution >= 4 is 28.3 Å². The van der Waals surface area contributed by atoms with E-state index in [0.29, 0.717) is 4.47 Å². The normalized spacial score (nSPS) is 12.0. The van der Waals surface area contributed by atoms with E-state index < -0.39 is 0 Å². The Morgan fingerprint density at radius 2 is 2.06 bits per heavy atom. The number of hydrogen-bond donors (Lipinski definition) is 1. The largest absolute Gasteiger partial charge is 0.324 e. The predicted octanol–water partition coefficient (Wildman–Crippen LogP) is 4.59. The molecule has 0 aromatic heterocycles. The van der Waals surface area contributed by atoms with Crippen LogP contribution in [-0.4, -0.2) is 0 Å². The molecule has 1 rings (SSSR count). The molecular weight excluding hydrogens is 292 g/mol. The van der Waals surface area contributed by atoms with Crippen LogP contribution in [-0.2, 0) is 0 Å². The Bertz CT molecular complexity index is 320. The van der Waals surface area contributed by atoms with E-state index in [1.54, 1.807) is 12.1 Å². The fraction of sp³-hybridized carbons (Fsp3) is 0.500. The quantitative estimate of drug-likeness (QED) is 0.791. The van der Waals surface area contributed by atoms with Crippen molar-refractivity contribution < 1.29 is 4.39 Å². The molecule has 0 aliphatic carbocycles. The van der Waals surface area contributed by atoms with E-state index in [-0.39, 0.29) is 24.3 Å². The van der Waals surface area contributed by atoms with Crippen LogP contribution in [0.2, 0.25) is 0 Å². The van der Waals surface area contributed by atoms with Crippen molar-refractivity contribution in [1.29, 1.82) is 0 Å². The molecule has 0 saturated carbocycles. The average molecular weight is 311 g/mol. The molecule has 4 heteroatoms. The van der Waals surface area contributed by atoms with Gasteiger partial charge in [0.2, 0.25) is 0 Å². The van der Waals surface area contributed by atoms with Gasteiger partial charge in [-0.3, -0.25) is 0 Å². The van der Waals surface area contributed by atoms with Crippen molar-refractivity contribution in [2.24, 2.45) is 5.73 Å². The number of hydrogen-bond acceptors (Lipinski definition) is 1. The van der Waals surface area contributed by atoms with Crippen LogP contribution in [0.15, 0.2) is 22.7 Å². The van der Waals surface area contributed by atoms with Crippen LogP contribution in [0.1, 0.15) is 44.2 Å². The molecule has 0 fully saturated rings. The second kappa shape index (κ2) is 8.04. The molecule has 0 radical (unpaired) electrons. The molecule has 1 aromatic rings. The Labute approximate surface area is 111 Å². The van der Waals surface area contributed by atoms with Gasteiger partial charge in [0.1, 0.15) is 5.82 Å². The fourth-order valence-electron chi connectivity index (χ4n) is 1.52. The van der Waals surface area contributed by atoms with Gasteiger partial charge in [0, 0.05) is 6.04 Å². The van der Waals surface area contributed by atoms with Crippen LogP contribution in [0, 0.1) is 5.82 Å². The van der Waals surface area contributed by atoms with Crippen molar-refractivity contribution in [2.45, 2.75) is 38.6 Å². The number of rotatable bonds is 5. The maximum atomic E-state index is 13.0. The SMILES string of the molecule is CCCCC[C@@H](N)c1ccc(F)c(Br)c1.Cl. The molecule has 1 atom stereocenters. The minimum absolute atomic E-state index is 0. The summed E-state index contributed by atoms with van der Waals surface area (Å²) in [5.74, 6) is -0.237. The lowest BCUT2D eigenvalue weighted by Gasteiger charge is -2.12. The van der Waals surface area contributed by atoms with Crippen molar-refractivity contribution in [3.05, 3.63) is 34.1 Å². The van der Waals surface area contributed by atoms with Gasteiger partial charge in [-0.15, -0.1) is 12.4 Å². The van der Waals surface area contributed by atoms with Gasteiger partial charge in [-0.25, -0.2) is 4.39 Å². The minimum atomic E-state index is -0.237. The van der Waals surface area contributed by atoms with Gasteiger partial charge < -0.3 is 5.73 Å². The zero-order valence-electron chi connectivity index (χ0n) is 9.38. The summed E-state index contributed by atoms with van der Waals surface area (Å²) in [6.07, 6.45) is 4.49. The van der Waals surface area contributed by atoms with E-state index in [1.165, 1.54) is 18.9 Å². The van der Waals surface area contributed by atoms with Gasteiger partial charge in [0.25, 0.3) is 0 Å². The summed E-state index contributed by atoms with van der Waals surface area (Å²) in [5.41, 5.74) is 7.01. The minimum Gasteiger partial charge on any atom is -0.324 e. The molecule has 0 amide bonds. The first-order chi connectivity index (χ1) is 7.15. The van der Waals surface area contributed by atoms with Gasteiger partial charge in [0.15, 0.2) is 0 Å². The van der Waals surface area contributed by atoms with Crippen molar-refractivity contribution in [2.75, 3.05) is 0 Å². The van der Waals surface area contributed by atoms with Gasteiger partial charge >= 0.3 is 0 Å². The van der Waals surface area contributed by atoms with E-state index in [1.807, 2.05) is 0 Å². The highest BCUT2D eigenvalue weighted by molar-refractivity contribution is 9.10. The van der Waals surface area contributed by atoms with E-state index in [9.17, 15) is 4.39 Å². The van der Waals surface area contributed by atoms with Gasteiger partial charge in [-0.1, -0.05) is 32.3 Å². The summed E-state index contributed by atoms with van der Waals surface area (Å²) in [6, 6.07) is 5.01. The molecule has 0 bridgehead atoms. The molecule has 0 aliphatic rings. The maximum Gasteiger partial charge on any atom is 0.137 e. The van der Waals surface area contributed by atoms with Crippen molar-refractivity contribution in [3.8, 4) is 0 Å². The van der Waals surface area contributed by atoms with Crippen LogP contribution in [0.4, 0.5) is 4.39 Å². The highest BCUT2D eigenvalue weighted by Crippen LogP contribution is 2.23. The smallest absolute Gasteiger partial charge is 0.137 e. The Balaban J connectivity index is 0.00000225. The summed E-state index contributed by atoms with van der Waals surface area (Å²) in [4.78, 5) is 0. The lowest BCUT2D eigenvalue weighted by molar-refractivity contribution is 0.577. The zero-order chi connectivity index (χ0) is 11.3. The number of nitrogens with two attached hydrogens (primary N) is 1. The highest BCUT2D eigenvalue weighted by atomic mass is 79.9. The number of benzene rings is 1. The first kappa shape index (κ1) is 15.9. The predicted molar refractivity (Wildman–Crippen MR) is 72.4 cm³/mol. The van der Waals surface area contributed by atoms with Gasteiger partial charge in [-0.2, -0.15) is 0 Å². The number of halogens is 3. The highest BCUT2D eigenvalue weighted by Gasteiger charge is 2.07. The molecule has 1 nitrogen and oxygen atoms in total. The Morgan fingerprint density at radius 3 is 2.62 bits per heavy atom. The molecule has 0 aliphatic heterocycles. The third kappa shape index (κ3) is 4.81. The van der Waals surface area contributed by atoms with Gasteiger partial charge in [0.05, 0.1) is 4.47 Å². The summed E-state index contributed by atoms with van der Waals surface area (Å²) in [5, 5.41) is 0. The van der Waals surface area contributed by atoms with Crippen LogP contribution >= 0.6 is 28.3 Å². The summed E-state index contributed by atoms with van der Waals surface area (Å²) in [7, 11) is 0. The Morgan fingerprint density at radius 1 is 1.38 bits per heavy atom. The van der Waals surface area contributed by atoms with Crippen LogP contribution in [0.3, 0.4) is 0 Å². The molecule has 2 N–H and O–H groups in total. The second-order valence-corrected chi connectivity index (χ2v) is 4.63. The molecule has 0 unspecified atom stereocenters. The monoisotopic (exact) mass is 309 g/mol. The summed E-state index contributed by atoms with van der Waals surface area (Å²) >= 11 is 3.17. The lowest BCUT2D eigenvalue weighted by atomic mass is 10.0. The molecule has 0 spiro atoms. The van der Waals surface area contributed by atoms with Crippen LogP contribution in [0.5, 0.6) is 0 Å². The maximum absolute atomic E-state index is 13.0. The molecule has 0 saturated heterocycles. The first-order valence-corrected chi connectivity index (χ1v) is 6.15. The lowest BCUT2D eigenvalue weighted by Crippen LogP contribution is -2.10. The molecule has 16 heavy (non-hydrogen) atoms. The Hall–Kier alpha value is -0.120. The standard InChI is InChI=1S/C12H17BrFN.ClH/c1-2-3-4-5-12(15)9-6-7-11(14)10(13)8-9;/h6-8,12H,2-5,15H2,1H3;1H/t12-;/m1./s1. The van der Waals surface area contributed by atoms with Crippen molar-refractivity contribution in [1.82, 2.24) is 0 Å². The topological polar surface area (TPSA) is 26.0 Å². The van der Waals surface area contributed by atoms with Crippen LogP contribution in [0.25, 0.3) is 0 Å². The molecule has 1 aromatic carbocycles. The third-order valence-corrected chi connectivity index (χ3v) is 3.10. The molecule has 0 heterocycles. The van der Waals surface area contributed by atoms with Crippen molar-refractivity contribution in [3.63, 3.8) is 0 Å². The van der Waals surface area contributed by atoms with E-state index in [0.717, 1.165) is 18.4 Å².